The van der Waals surface area contributed by atoms with Gasteiger partial charge in [0.15, 0.2) is 0 Å². The van der Waals surface area contributed by atoms with Crippen LogP contribution in [0.15, 0.2) is 36.4 Å². The first-order chi connectivity index (χ1) is 10.9. The molecule has 2 aromatic carbocycles. The summed E-state index contributed by atoms with van der Waals surface area (Å²) in [5.74, 6) is 0.0735. The first-order valence-electron chi connectivity index (χ1n) is 7.26. The maximum absolute atomic E-state index is 10.1. The van der Waals surface area contributed by atoms with Gasteiger partial charge in [-0.2, -0.15) is 0 Å². The van der Waals surface area contributed by atoms with Gasteiger partial charge in [-0.3, -0.25) is 0 Å². The lowest BCUT2D eigenvalue weighted by molar-refractivity contribution is 0.354. The van der Waals surface area contributed by atoms with Crippen molar-refractivity contribution in [3.63, 3.8) is 0 Å². The lowest BCUT2D eigenvalue weighted by atomic mass is 9.96. The van der Waals surface area contributed by atoms with E-state index in [2.05, 4.69) is 0 Å². The maximum atomic E-state index is 10.1. The van der Waals surface area contributed by atoms with Crippen LogP contribution in [0, 0.1) is 10.8 Å². The Hall–Kier alpha value is -2.66. The second-order valence-corrected chi connectivity index (χ2v) is 5.60. The highest BCUT2D eigenvalue weighted by atomic mass is 16.3. The molecule has 0 aromatic heterocycles. The second kappa shape index (κ2) is 7.07. The fourth-order valence-corrected chi connectivity index (χ4v) is 2.43. The number of benzene rings is 2. The minimum Gasteiger partial charge on any atom is -0.507 e. The topological polar surface area (TPSA) is 108 Å². The summed E-state index contributed by atoms with van der Waals surface area (Å²) in [5.41, 5.74) is 3.28. The Morgan fingerprint density at radius 1 is 0.870 bits per heavy atom. The van der Waals surface area contributed by atoms with Crippen LogP contribution in [0.3, 0.4) is 0 Å². The normalized spacial score (nSPS) is 10.5. The summed E-state index contributed by atoms with van der Waals surface area (Å²) in [6.45, 7) is 1.40. The number of aromatic hydroxyl groups is 2. The monoisotopic (exact) mass is 312 g/mol. The molecule has 0 heterocycles. The van der Waals surface area contributed by atoms with Crippen molar-refractivity contribution in [2.24, 2.45) is 0 Å². The third-order valence-electron chi connectivity index (χ3n) is 3.49. The minimum absolute atomic E-state index is 0.0308. The van der Waals surface area contributed by atoms with Gasteiger partial charge in [-0.15, -0.1) is 0 Å². The fourth-order valence-electron chi connectivity index (χ4n) is 2.43. The predicted octanol–water partition coefficient (Wildman–Crippen LogP) is 2.90. The number of aliphatic hydroxyl groups is 1. The highest BCUT2D eigenvalue weighted by Crippen LogP contribution is 2.36. The minimum atomic E-state index is -0.310. The largest absolute Gasteiger partial charge is 0.507 e. The van der Waals surface area contributed by atoms with Gasteiger partial charge in [-0.05, 0) is 42.3 Å². The first kappa shape index (κ1) is 16.7. The van der Waals surface area contributed by atoms with E-state index in [0.717, 1.165) is 11.1 Å². The van der Waals surface area contributed by atoms with Gasteiger partial charge >= 0.3 is 0 Å². The number of aliphatic hydroxyl groups excluding tert-OH is 1. The second-order valence-electron chi connectivity index (χ2n) is 5.60. The number of hydrogen-bond donors (Lipinski definition) is 5. The van der Waals surface area contributed by atoms with Crippen LogP contribution in [-0.4, -0.2) is 33.3 Å². The number of phenolic OH excluding ortho intramolecular Hbond substituents is 2. The first-order valence-corrected chi connectivity index (χ1v) is 7.26. The summed E-state index contributed by atoms with van der Waals surface area (Å²) in [4.78, 5) is 0. The number of nitrogens with one attached hydrogen (secondary N) is 2. The van der Waals surface area contributed by atoms with E-state index in [-0.39, 0.29) is 30.2 Å². The Morgan fingerprint density at radius 3 is 1.78 bits per heavy atom. The number of phenols is 2. The Labute approximate surface area is 134 Å². The average Bonchev–Trinajstić information content (AvgIpc) is 2.50. The van der Waals surface area contributed by atoms with E-state index < -0.39 is 0 Å². The summed E-state index contributed by atoms with van der Waals surface area (Å²) in [7, 11) is 0. The van der Waals surface area contributed by atoms with Crippen LogP contribution in [0.5, 0.6) is 11.5 Å². The van der Waals surface area contributed by atoms with Crippen LogP contribution in [0.2, 0.25) is 0 Å². The van der Waals surface area contributed by atoms with Crippen molar-refractivity contribution in [2.75, 3.05) is 6.61 Å². The smallest absolute Gasteiger partial charge is 0.123 e. The summed E-state index contributed by atoms with van der Waals surface area (Å²) < 4.78 is 0. The molecule has 0 aliphatic heterocycles. The Balaban J connectivity index is 2.46. The van der Waals surface area contributed by atoms with E-state index in [0.29, 0.717) is 23.3 Å². The Bertz CT molecular complexity index is 754. The zero-order chi connectivity index (χ0) is 17.0. The molecule has 0 aliphatic rings. The van der Waals surface area contributed by atoms with E-state index in [1.807, 2.05) is 0 Å². The molecular weight excluding hydrogens is 292 g/mol. The standard InChI is InChI=1S/C18H20N2O3/c1-11(19)6-12-2-4-17(22)15(8-12)16-9-13(3-5-18(16)23)7-14(20)10-21/h2-5,8-9,19-23H,6-7,10H2,1H3. The highest BCUT2D eigenvalue weighted by Gasteiger charge is 2.12. The quantitative estimate of drug-likeness (QED) is 0.529. The fraction of sp³-hybridized carbons (Fsp3) is 0.222. The SMILES string of the molecule is CC(=N)Cc1ccc(O)c(-c2cc(CC(=N)CO)ccc2O)c1. The lowest BCUT2D eigenvalue weighted by Gasteiger charge is -2.11. The molecule has 5 heteroatoms. The van der Waals surface area contributed by atoms with Crippen molar-refractivity contribution in [3.8, 4) is 22.6 Å². The summed E-state index contributed by atoms with van der Waals surface area (Å²) in [6.07, 6.45) is 0.757. The molecule has 120 valence electrons. The Morgan fingerprint density at radius 2 is 1.35 bits per heavy atom. The van der Waals surface area contributed by atoms with Crippen molar-refractivity contribution < 1.29 is 15.3 Å². The third-order valence-corrected chi connectivity index (χ3v) is 3.49. The lowest BCUT2D eigenvalue weighted by Crippen LogP contribution is -2.06. The highest BCUT2D eigenvalue weighted by molar-refractivity contribution is 5.86. The molecule has 5 nitrogen and oxygen atoms in total. The molecule has 0 saturated carbocycles. The van der Waals surface area contributed by atoms with Crippen LogP contribution in [0.1, 0.15) is 18.1 Å². The molecule has 2 aromatic rings. The van der Waals surface area contributed by atoms with E-state index in [4.69, 9.17) is 15.9 Å². The predicted molar refractivity (Wildman–Crippen MR) is 90.8 cm³/mol. The zero-order valence-corrected chi connectivity index (χ0v) is 12.9. The summed E-state index contributed by atoms with van der Waals surface area (Å²) in [6, 6.07) is 9.96. The molecule has 0 saturated heterocycles. The van der Waals surface area contributed by atoms with Crippen molar-refractivity contribution in [2.45, 2.75) is 19.8 Å². The van der Waals surface area contributed by atoms with Crippen molar-refractivity contribution in [1.29, 1.82) is 10.8 Å². The summed E-state index contributed by atoms with van der Waals surface area (Å²) in [5, 5.41) is 44.4. The zero-order valence-electron chi connectivity index (χ0n) is 12.9. The van der Waals surface area contributed by atoms with E-state index in [1.54, 1.807) is 37.3 Å². The van der Waals surface area contributed by atoms with Gasteiger partial charge in [0, 0.05) is 35.4 Å². The van der Waals surface area contributed by atoms with Gasteiger partial charge in [0.1, 0.15) is 11.5 Å². The molecule has 0 atom stereocenters. The molecule has 2 rings (SSSR count). The van der Waals surface area contributed by atoms with E-state index in [9.17, 15) is 10.2 Å². The third kappa shape index (κ3) is 4.17. The van der Waals surface area contributed by atoms with E-state index in [1.165, 1.54) is 6.07 Å². The molecule has 0 bridgehead atoms. The van der Waals surface area contributed by atoms with E-state index >= 15 is 0 Å². The van der Waals surface area contributed by atoms with Crippen LogP contribution >= 0.6 is 0 Å². The van der Waals surface area contributed by atoms with Gasteiger partial charge in [-0.1, -0.05) is 12.1 Å². The average molecular weight is 312 g/mol. The molecule has 5 N–H and O–H groups in total. The van der Waals surface area contributed by atoms with Gasteiger partial charge < -0.3 is 26.1 Å². The number of rotatable bonds is 6. The molecule has 0 aliphatic carbocycles. The molecule has 0 spiro atoms. The van der Waals surface area contributed by atoms with Crippen molar-refractivity contribution >= 4 is 11.4 Å². The molecular formula is C18H20N2O3. The molecule has 0 radical (unpaired) electrons. The maximum Gasteiger partial charge on any atom is 0.123 e. The van der Waals surface area contributed by atoms with Crippen LogP contribution in [-0.2, 0) is 12.8 Å². The van der Waals surface area contributed by atoms with Gasteiger partial charge in [-0.25, -0.2) is 0 Å². The number of hydrogen-bond acceptors (Lipinski definition) is 5. The summed E-state index contributed by atoms with van der Waals surface area (Å²) >= 11 is 0. The molecule has 0 amide bonds. The van der Waals surface area contributed by atoms with Gasteiger partial charge in [0.25, 0.3) is 0 Å². The van der Waals surface area contributed by atoms with Crippen LogP contribution in [0.4, 0.5) is 0 Å². The van der Waals surface area contributed by atoms with Crippen LogP contribution < -0.4 is 0 Å². The van der Waals surface area contributed by atoms with Crippen molar-refractivity contribution in [1.82, 2.24) is 0 Å². The molecule has 23 heavy (non-hydrogen) atoms. The molecule has 0 fully saturated rings. The van der Waals surface area contributed by atoms with Crippen LogP contribution in [0.25, 0.3) is 11.1 Å². The van der Waals surface area contributed by atoms with Gasteiger partial charge in [0.2, 0.25) is 0 Å². The Kier molecular flexibility index (Phi) is 5.13. The molecule has 0 unspecified atom stereocenters. The van der Waals surface area contributed by atoms with Crippen molar-refractivity contribution in [3.05, 3.63) is 47.5 Å². The van der Waals surface area contributed by atoms with Gasteiger partial charge in [0.05, 0.1) is 6.61 Å².